The Hall–Kier alpha value is -0.440. The molecule has 0 fully saturated rings. The van der Waals surface area contributed by atoms with E-state index in [1.165, 1.54) is 25.7 Å². The summed E-state index contributed by atoms with van der Waals surface area (Å²) >= 11 is 6.01. The highest BCUT2D eigenvalue weighted by Gasteiger charge is 2.03. The van der Waals surface area contributed by atoms with Crippen LogP contribution in [-0.2, 0) is 6.54 Å². The van der Waals surface area contributed by atoms with Crippen LogP contribution in [0.2, 0.25) is 5.02 Å². The van der Waals surface area contributed by atoms with E-state index < -0.39 is 0 Å². The molecule has 0 heterocycles. The monoisotopic (exact) mass is 305 g/mol. The Morgan fingerprint density at radius 1 is 1.16 bits per heavy atom. The summed E-state index contributed by atoms with van der Waals surface area (Å²) in [5.74, 6) is 0.933. The van der Waals surface area contributed by atoms with Gasteiger partial charge in [-0.05, 0) is 38.1 Å². The van der Waals surface area contributed by atoms with Gasteiger partial charge in [-0.25, -0.2) is 0 Å². The first-order valence-corrected chi connectivity index (χ1v) is 7.27. The summed E-state index contributed by atoms with van der Waals surface area (Å²) in [6, 6.07) is 5.79. The van der Waals surface area contributed by atoms with Crippen LogP contribution >= 0.6 is 24.0 Å². The summed E-state index contributed by atoms with van der Waals surface area (Å²) in [5, 5.41) is 4.21. The first-order chi connectivity index (χ1) is 8.77. The second kappa shape index (κ2) is 11.4. The van der Waals surface area contributed by atoms with Crippen molar-refractivity contribution in [1.82, 2.24) is 5.32 Å². The molecule has 1 aromatic carbocycles. The molecule has 0 spiro atoms. The van der Waals surface area contributed by atoms with Crippen LogP contribution in [-0.4, -0.2) is 13.2 Å². The number of hydrogen-bond acceptors (Lipinski definition) is 2. The number of benzene rings is 1. The maximum Gasteiger partial charge on any atom is 0.123 e. The lowest BCUT2D eigenvalue weighted by molar-refractivity contribution is 0.335. The predicted octanol–water partition coefficient (Wildman–Crippen LogP) is 4.83. The lowest BCUT2D eigenvalue weighted by Crippen LogP contribution is -2.15. The van der Waals surface area contributed by atoms with Gasteiger partial charge >= 0.3 is 0 Å². The maximum absolute atomic E-state index is 6.01. The van der Waals surface area contributed by atoms with Gasteiger partial charge in [-0.15, -0.1) is 12.4 Å². The summed E-state index contributed by atoms with van der Waals surface area (Å²) in [6.07, 6.45) is 5.14. The fourth-order valence-corrected chi connectivity index (χ4v) is 2.08. The minimum atomic E-state index is 0. The van der Waals surface area contributed by atoms with Gasteiger partial charge in [0.2, 0.25) is 0 Å². The molecule has 0 aliphatic rings. The number of rotatable bonds is 9. The number of ether oxygens (including phenoxy) is 1. The molecule has 0 radical (unpaired) electrons. The fourth-order valence-electron chi connectivity index (χ4n) is 1.88. The number of nitrogens with one attached hydrogen (secondary N) is 1. The van der Waals surface area contributed by atoms with Crippen molar-refractivity contribution in [1.29, 1.82) is 0 Å². The summed E-state index contributed by atoms with van der Waals surface area (Å²) in [4.78, 5) is 0. The van der Waals surface area contributed by atoms with Crippen molar-refractivity contribution >= 4 is 24.0 Å². The van der Waals surface area contributed by atoms with Gasteiger partial charge < -0.3 is 10.1 Å². The van der Waals surface area contributed by atoms with Crippen LogP contribution in [0, 0.1) is 0 Å². The molecule has 0 saturated heterocycles. The zero-order valence-corrected chi connectivity index (χ0v) is 13.4. The molecule has 0 atom stereocenters. The molecule has 0 saturated carbocycles. The van der Waals surface area contributed by atoms with Crippen LogP contribution in [0.1, 0.15) is 45.1 Å². The zero-order chi connectivity index (χ0) is 13.2. The van der Waals surface area contributed by atoms with Gasteiger partial charge in [0.15, 0.2) is 0 Å². The highest BCUT2D eigenvalue weighted by molar-refractivity contribution is 6.30. The van der Waals surface area contributed by atoms with Crippen molar-refractivity contribution in [2.24, 2.45) is 0 Å². The molecule has 0 aliphatic heterocycles. The van der Waals surface area contributed by atoms with Gasteiger partial charge in [0.25, 0.3) is 0 Å². The topological polar surface area (TPSA) is 21.3 Å². The number of unbranched alkanes of at least 4 members (excludes halogenated alkanes) is 3. The SMILES string of the molecule is CCCCCCNCc1cc(Cl)ccc1OCC.Cl. The molecule has 1 aromatic rings. The highest BCUT2D eigenvalue weighted by atomic mass is 35.5. The van der Waals surface area contributed by atoms with E-state index in [0.29, 0.717) is 6.61 Å². The Labute approximate surface area is 128 Å². The van der Waals surface area contributed by atoms with Crippen LogP contribution in [0.15, 0.2) is 18.2 Å². The largest absolute Gasteiger partial charge is 0.494 e. The van der Waals surface area contributed by atoms with E-state index in [-0.39, 0.29) is 12.4 Å². The predicted molar refractivity (Wildman–Crippen MR) is 85.7 cm³/mol. The molecule has 1 rings (SSSR count). The molecular formula is C15H25Cl2NO. The van der Waals surface area contributed by atoms with E-state index >= 15 is 0 Å². The molecule has 0 aliphatic carbocycles. The average molecular weight is 306 g/mol. The van der Waals surface area contributed by atoms with E-state index in [1.54, 1.807) is 0 Å². The van der Waals surface area contributed by atoms with E-state index in [0.717, 1.165) is 29.4 Å². The molecule has 110 valence electrons. The van der Waals surface area contributed by atoms with Crippen LogP contribution in [0.4, 0.5) is 0 Å². The first kappa shape index (κ1) is 18.6. The highest BCUT2D eigenvalue weighted by Crippen LogP contribution is 2.22. The third-order valence-electron chi connectivity index (χ3n) is 2.84. The number of hydrogen-bond donors (Lipinski definition) is 1. The molecule has 0 bridgehead atoms. The van der Waals surface area contributed by atoms with E-state index in [2.05, 4.69) is 12.2 Å². The van der Waals surface area contributed by atoms with Crippen molar-refractivity contribution in [3.05, 3.63) is 28.8 Å². The van der Waals surface area contributed by atoms with E-state index in [9.17, 15) is 0 Å². The number of halogens is 2. The Morgan fingerprint density at radius 3 is 2.63 bits per heavy atom. The molecular weight excluding hydrogens is 281 g/mol. The average Bonchev–Trinajstić information content (AvgIpc) is 2.37. The maximum atomic E-state index is 6.01. The fraction of sp³-hybridized carbons (Fsp3) is 0.600. The molecule has 0 aromatic heterocycles. The Morgan fingerprint density at radius 2 is 1.95 bits per heavy atom. The first-order valence-electron chi connectivity index (χ1n) is 6.89. The third kappa shape index (κ3) is 7.66. The summed E-state index contributed by atoms with van der Waals surface area (Å²) in [5.41, 5.74) is 1.14. The van der Waals surface area contributed by atoms with Crippen molar-refractivity contribution in [2.75, 3.05) is 13.2 Å². The molecule has 0 amide bonds. The third-order valence-corrected chi connectivity index (χ3v) is 3.08. The summed E-state index contributed by atoms with van der Waals surface area (Å²) < 4.78 is 5.59. The Balaban J connectivity index is 0.00000324. The van der Waals surface area contributed by atoms with Crippen molar-refractivity contribution in [3.8, 4) is 5.75 Å². The van der Waals surface area contributed by atoms with Crippen LogP contribution in [0.3, 0.4) is 0 Å². The smallest absolute Gasteiger partial charge is 0.123 e. The molecule has 1 N–H and O–H groups in total. The van der Waals surface area contributed by atoms with Crippen LogP contribution in [0.5, 0.6) is 5.75 Å². The Bertz CT molecular complexity index is 345. The van der Waals surface area contributed by atoms with Crippen LogP contribution in [0.25, 0.3) is 0 Å². The van der Waals surface area contributed by atoms with Gasteiger partial charge in [-0.2, -0.15) is 0 Å². The van der Waals surface area contributed by atoms with Gasteiger partial charge in [0.1, 0.15) is 5.75 Å². The van der Waals surface area contributed by atoms with E-state index in [4.69, 9.17) is 16.3 Å². The molecule has 0 unspecified atom stereocenters. The summed E-state index contributed by atoms with van der Waals surface area (Å²) in [6.45, 7) is 6.79. The van der Waals surface area contributed by atoms with Crippen LogP contribution < -0.4 is 10.1 Å². The van der Waals surface area contributed by atoms with Gasteiger partial charge in [0, 0.05) is 17.1 Å². The lowest BCUT2D eigenvalue weighted by atomic mass is 10.2. The zero-order valence-electron chi connectivity index (χ0n) is 11.9. The standard InChI is InChI=1S/C15H24ClNO.ClH/c1-3-5-6-7-10-17-12-13-11-14(16)8-9-15(13)18-4-2;/h8-9,11,17H,3-7,10,12H2,1-2H3;1H. The van der Waals surface area contributed by atoms with Crippen molar-refractivity contribution < 1.29 is 4.74 Å². The van der Waals surface area contributed by atoms with E-state index in [1.807, 2.05) is 25.1 Å². The second-order valence-electron chi connectivity index (χ2n) is 4.42. The van der Waals surface area contributed by atoms with Gasteiger partial charge in [-0.1, -0.05) is 37.8 Å². The molecule has 19 heavy (non-hydrogen) atoms. The lowest BCUT2D eigenvalue weighted by Gasteiger charge is -2.11. The van der Waals surface area contributed by atoms with Crippen molar-refractivity contribution in [2.45, 2.75) is 46.1 Å². The molecule has 2 nitrogen and oxygen atoms in total. The minimum Gasteiger partial charge on any atom is -0.494 e. The van der Waals surface area contributed by atoms with Gasteiger partial charge in [0.05, 0.1) is 6.61 Å². The summed E-state index contributed by atoms with van der Waals surface area (Å²) in [7, 11) is 0. The normalized spacial score (nSPS) is 10.1. The minimum absolute atomic E-state index is 0. The Kier molecular flexibility index (Phi) is 11.1. The molecule has 4 heteroatoms. The second-order valence-corrected chi connectivity index (χ2v) is 4.86. The van der Waals surface area contributed by atoms with Crippen molar-refractivity contribution in [3.63, 3.8) is 0 Å². The quantitative estimate of drug-likeness (QED) is 0.660. The van der Waals surface area contributed by atoms with Gasteiger partial charge in [-0.3, -0.25) is 0 Å².